The van der Waals surface area contributed by atoms with Gasteiger partial charge in [-0.1, -0.05) is 54.6 Å². The van der Waals surface area contributed by atoms with E-state index >= 15 is 0 Å². The molecule has 0 bridgehead atoms. The number of amides is 1. The number of carbonyl (C=O) groups excluding carboxylic acids is 1. The van der Waals surface area contributed by atoms with E-state index in [4.69, 9.17) is 5.73 Å². The van der Waals surface area contributed by atoms with Crippen LogP contribution in [0.1, 0.15) is 46.8 Å². The number of aromatic nitrogens is 4. The van der Waals surface area contributed by atoms with E-state index in [2.05, 4.69) is 51.8 Å². The molecule has 1 amide bonds. The Morgan fingerprint density at radius 2 is 1.80 bits per heavy atom. The van der Waals surface area contributed by atoms with Gasteiger partial charge < -0.3 is 16.0 Å². The maximum absolute atomic E-state index is 12.6. The van der Waals surface area contributed by atoms with E-state index in [0.29, 0.717) is 5.92 Å². The number of benzene rings is 2. The van der Waals surface area contributed by atoms with Crippen molar-refractivity contribution in [3.05, 3.63) is 105 Å². The Kier molecular flexibility index (Phi) is 6.05. The van der Waals surface area contributed by atoms with Crippen LogP contribution >= 0.6 is 0 Å². The second kappa shape index (κ2) is 9.46. The summed E-state index contributed by atoms with van der Waals surface area (Å²) in [5.41, 5.74) is 8.23. The molecule has 0 aliphatic heterocycles. The Morgan fingerprint density at radius 1 is 1.03 bits per heavy atom. The zero-order valence-electron chi connectivity index (χ0n) is 19.0. The quantitative estimate of drug-likeness (QED) is 0.343. The van der Waals surface area contributed by atoms with Gasteiger partial charge in [0.05, 0.1) is 12.7 Å². The SMILES string of the molecule is Nc1c(C(=O)N[C@@H]2CC[C@H](c3ccc(-c4cnn(Cc5ccccc5)c4)cc3)C2)[nH]c(=O)[nH]c1=O. The van der Waals surface area contributed by atoms with E-state index in [9.17, 15) is 14.4 Å². The highest BCUT2D eigenvalue weighted by Crippen LogP contribution is 2.35. The lowest BCUT2D eigenvalue weighted by Crippen LogP contribution is -2.37. The molecule has 0 radical (unpaired) electrons. The molecule has 178 valence electrons. The fourth-order valence-electron chi connectivity index (χ4n) is 4.67. The summed E-state index contributed by atoms with van der Waals surface area (Å²) >= 11 is 0. The summed E-state index contributed by atoms with van der Waals surface area (Å²) in [6.07, 6.45) is 6.43. The molecule has 9 heteroatoms. The molecule has 1 fully saturated rings. The van der Waals surface area contributed by atoms with E-state index in [1.807, 2.05) is 40.3 Å². The van der Waals surface area contributed by atoms with Crippen molar-refractivity contribution in [2.45, 2.75) is 37.8 Å². The molecule has 1 saturated carbocycles. The van der Waals surface area contributed by atoms with Crippen molar-refractivity contribution >= 4 is 11.6 Å². The molecule has 35 heavy (non-hydrogen) atoms. The summed E-state index contributed by atoms with van der Waals surface area (Å²) < 4.78 is 1.93. The van der Waals surface area contributed by atoms with Gasteiger partial charge in [0.2, 0.25) is 0 Å². The Balaban J connectivity index is 1.21. The average Bonchev–Trinajstić information content (AvgIpc) is 3.52. The molecule has 1 aliphatic carbocycles. The Morgan fingerprint density at radius 3 is 2.57 bits per heavy atom. The van der Waals surface area contributed by atoms with E-state index in [1.54, 1.807) is 0 Å². The number of aromatic amines is 2. The number of nitrogens with one attached hydrogen (secondary N) is 3. The molecular formula is C26H26N6O3. The zero-order chi connectivity index (χ0) is 24.4. The summed E-state index contributed by atoms with van der Waals surface area (Å²) in [4.78, 5) is 40.1. The minimum Gasteiger partial charge on any atom is -0.392 e. The topological polar surface area (TPSA) is 139 Å². The van der Waals surface area contributed by atoms with Crippen molar-refractivity contribution in [2.75, 3.05) is 5.73 Å². The van der Waals surface area contributed by atoms with Crippen LogP contribution in [0.2, 0.25) is 0 Å². The lowest BCUT2D eigenvalue weighted by Gasteiger charge is -2.14. The summed E-state index contributed by atoms with van der Waals surface area (Å²) in [6.45, 7) is 0.727. The van der Waals surface area contributed by atoms with Crippen LogP contribution in [0.4, 0.5) is 5.69 Å². The van der Waals surface area contributed by atoms with Crippen molar-refractivity contribution in [3.63, 3.8) is 0 Å². The largest absolute Gasteiger partial charge is 0.392 e. The van der Waals surface area contributed by atoms with Crippen molar-refractivity contribution in [2.24, 2.45) is 0 Å². The van der Waals surface area contributed by atoms with E-state index < -0.39 is 17.2 Å². The van der Waals surface area contributed by atoms with Crippen LogP contribution in [0.3, 0.4) is 0 Å². The first-order valence-electron chi connectivity index (χ1n) is 11.6. The number of nitrogens with zero attached hydrogens (tertiary/aromatic N) is 2. The lowest BCUT2D eigenvalue weighted by atomic mass is 9.95. The molecule has 0 unspecified atom stereocenters. The zero-order valence-corrected chi connectivity index (χ0v) is 19.0. The predicted octanol–water partition coefficient (Wildman–Crippen LogP) is 2.62. The lowest BCUT2D eigenvalue weighted by molar-refractivity contribution is 0.0933. The third-order valence-corrected chi connectivity index (χ3v) is 6.51. The molecule has 9 nitrogen and oxygen atoms in total. The molecule has 5 N–H and O–H groups in total. The Labute approximate surface area is 201 Å². The van der Waals surface area contributed by atoms with Gasteiger partial charge in [0.1, 0.15) is 11.4 Å². The molecule has 0 spiro atoms. The monoisotopic (exact) mass is 470 g/mol. The van der Waals surface area contributed by atoms with Crippen LogP contribution in [0.15, 0.2) is 76.6 Å². The van der Waals surface area contributed by atoms with E-state index in [1.165, 1.54) is 11.1 Å². The maximum atomic E-state index is 12.6. The minimum absolute atomic E-state index is 0.0643. The second-order valence-corrected chi connectivity index (χ2v) is 8.91. The number of rotatable bonds is 6. The van der Waals surface area contributed by atoms with Gasteiger partial charge in [0.25, 0.3) is 11.5 Å². The number of H-pyrrole nitrogens is 2. The minimum atomic E-state index is -0.770. The van der Waals surface area contributed by atoms with Crippen LogP contribution in [-0.4, -0.2) is 31.7 Å². The van der Waals surface area contributed by atoms with Gasteiger partial charge >= 0.3 is 5.69 Å². The molecule has 0 saturated heterocycles. The van der Waals surface area contributed by atoms with Crippen LogP contribution in [-0.2, 0) is 6.54 Å². The van der Waals surface area contributed by atoms with Gasteiger partial charge in [-0.05, 0) is 41.9 Å². The summed E-state index contributed by atoms with van der Waals surface area (Å²) in [5, 5.41) is 7.39. The summed E-state index contributed by atoms with van der Waals surface area (Å²) in [7, 11) is 0. The van der Waals surface area contributed by atoms with E-state index in [0.717, 1.165) is 36.9 Å². The molecule has 2 atom stereocenters. The highest BCUT2D eigenvalue weighted by Gasteiger charge is 2.28. The van der Waals surface area contributed by atoms with Gasteiger partial charge in [0.15, 0.2) is 0 Å². The van der Waals surface area contributed by atoms with Crippen LogP contribution in [0.25, 0.3) is 11.1 Å². The number of nitrogen functional groups attached to an aromatic ring is 1. The molecule has 2 aromatic carbocycles. The smallest absolute Gasteiger partial charge is 0.326 e. The first-order chi connectivity index (χ1) is 17.0. The third kappa shape index (κ3) is 4.93. The average molecular weight is 471 g/mol. The normalized spacial score (nSPS) is 17.4. The number of anilines is 1. The molecule has 4 aromatic rings. The number of hydrogen-bond acceptors (Lipinski definition) is 5. The van der Waals surface area contributed by atoms with Crippen molar-refractivity contribution < 1.29 is 4.79 Å². The van der Waals surface area contributed by atoms with Crippen LogP contribution in [0, 0.1) is 0 Å². The first kappa shape index (κ1) is 22.4. The number of hydrogen-bond donors (Lipinski definition) is 4. The standard InChI is InChI=1S/C26H26N6O3/c27-22-23(30-26(35)31-24(22)33)25(34)29-21-11-10-19(12-21)17-6-8-18(9-7-17)20-13-28-32(15-20)14-16-4-2-1-3-5-16/h1-9,13,15,19,21H,10-12,14,27H2,(H,29,34)(H2,30,31,33,35)/t19-,21+/m0/s1. The second-order valence-electron chi connectivity index (χ2n) is 8.91. The van der Waals surface area contributed by atoms with E-state index in [-0.39, 0.29) is 17.4 Å². The van der Waals surface area contributed by atoms with Gasteiger partial charge in [-0.3, -0.25) is 19.3 Å². The third-order valence-electron chi connectivity index (χ3n) is 6.51. The molecular weight excluding hydrogens is 444 g/mol. The fourth-order valence-corrected chi connectivity index (χ4v) is 4.67. The van der Waals surface area contributed by atoms with Crippen molar-refractivity contribution in [1.29, 1.82) is 0 Å². The van der Waals surface area contributed by atoms with Gasteiger partial charge in [-0.25, -0.2) is 4.79 Å². The summed E-state index contributed by atoms with van der Waals surface area (Å²) in [5.74, 6) is -0.232. The first-order valence-corrected chi connectivity index (χ1v) is 11.6. The molecule has 2 aromatic heterocycles. The van der Waals surface area contributed by atoms with Crippen molar-refractivity contribution in [1.82, 2.24) is 25.1 Å². The highest BCUT2D eigenvalue weighted by atomic mass is 16.2. The Hall–Kier alpha value is -4.40. The summed E-state index contributed by atoms with van der Waals surface area (Å²) in [6, 6.07) is 18.6. The molecule has 5 rings (SSSR count). The Bertz CT molecular complexity index is 1450. The molecule has 2 heterocycles. The van der Waals surface area contributed by atoms with Gasteiger partial charge in [-0.15, -0.1) is 0 Å². The number of carbonyl (C=O) groups is 1. The highest BCUT2D eigenvalue weighted by molar-refractivity contribution is 5.97. The number of nitrogens with two attached hydrogens (primary N) is 1. The maximum Gasteiger partial charge on any atom is 0.326 e. The fraction of sp³-hybridized carbons (Fsp3) is 0.231. The van der Waals surface area contributed by atoms with Gasteiger partial charge in [0, 0.05) is 17.8 Å². The van der Waals surface area contributed by atoms with Gasteiger partial charge in [-0.2, -0.15) is 5.10 Å². The van der Waals surface area contributed by atoms with Crippen LogP contribution < -0.4 is 22.3 Å². The predicted molar refractivity (Wildman–Crippen MR) is 133 cm³/mol. The van der Waals surface area contributed by atoms with Crippen LogP contribution in [0.5, 0.6) is 0 Å². The van der Waals surface area contributed by atoms with Crippen molar-refractivity contribution in [3.8, 4) is 11.1 Å². The molecule has 1 aliphatic rings.